The molecular weight excluding hydrogens is 354 g/mol. The van der Waals surface area contributed by atoms with Crippen LogP contribution < -0.4 is 0 Å². The minimum atomic E-state index is -0.423. The van der Waals surface area contributed by atoms with Crippen LogP contribution in [-0.2, 0) is 5.41 Å². The number of benzene rings is 1. The lowest BCUT2D eigenvalue weighted by molar-refractivity contribution is 0.370. The van der Waals surface area contributed by atoms with E-state index in [0.29, 0.717) is 4.83 Å². The first-order chi connectivity index (χ1) is 8.47. The molecule has 2 atom stereocenters. The standard InChI is InChI=1S/C15H19Br2N/c1-11(2)15(10-18,8-13(17)9-16)14-7-5-4-6-12(14)3/h4-7,11,13H,8-9H2,1-3H3/t13-,15+/m0/s1. The highest BCUT2D eigenvalue weighted by atomic mass is 79.9. The van der Waals surface area contributed by atoms with Gasteiger partial charge < -0.3 is 0 Å². The second-order valence-electron chi connectivity index (χ2n) is 5.01. The molecule has 0 bridgehead atoms. The Morgan fingerprint density at radius 3 is 2.39 bits per heavy atom. The van der Waals surface area contributed by atoms with Gasteiger partial charge in [0, 0.05) is 10.2 Å². The van der Waals surface area contributed by atoms with E-state index < -0.39 is 5.41 Å². The van der Waals surface area contributed by atoms with Crippen molar-refractivity contribution < 1.29 is 0 Å². The third kappa shape index (κ3) is 3.16. The van der Waals surface area contributed by atoms with Crippen molar-refractivity contribution in [1.29, 1.82) is 5.26 Å². The van der Waals surface area contributed by atoms with Gasteiger partial charge in [0.25, 0.3) is 0 Å². The molecule has 0 saturated heterocycles. The van der Waals surface area contributed by atoms with Crippen LogP contribution in [0.25, 0.3) is 0 Å². The molecule has 1 rings (SSSR count). The number of hydrogen-bond donors (Lipinski definition) is 0. The van der Waals surface area contributed by atoms with Crippen LogP contribution in [0.1, 0.15) is 31.4 Å². The average Bonchev–Trinajstić information content (AvgIpc) is 2.36. The molecule has 98 valence electrons. The molecular formula is C15H19Br2N. The molecule has 0 spiro atoms. The zero-order valence-electron chi connectivity index (χ0n) is 11.1. The van der Waals surface area contributed by atoms with Crippen molar-refractivity contribution in [3.05, 3.63) is 35.4 Å². The van der Waals surface area contributed by atoms with Crippen LogP contribution in [-0.4, -0.2) is 10.2 Å². The fourth-order valence-corrected chi connectivity index (χ4v) is 3.11. The maximum Gasteiger partial charge on any atom is 0.0858 e. The Hall–Kier alpha value is -0.330. The van der Waals surface area contributed by atoms with Gasteiger partial charge in [-0.3, -0.25) is 0 Å². The summed E-state index contributed by atoms with van der Waals surface area (Å²) in [5.41, 5.74) is 1.93. The molecule has 0 saturated carbocycles. The molecule has 0 aliphatic rings. The maximum atomic E-state index is 9.78. The molecule has 0 aliphatic heterocycles. The Balaban J connectivity index is 3.29. The van der Waals surface area contributed by atoms with E-state index in [0.717, 1.165) is 17.3 Å². The number of alkyl halides is 2. The third-order valence-corrected chi connectivity index (χ3v) is 5.82. The van der Waals surface area contributed by atoms with Crippen molar-refractivity contribution in [3.63, 3.8) is 0 Å². The fraction of sp³-hybridized carbons (Fsp3) is 0.533. The van der Waals surface area contributed by atoms with E-state index in [1.807, 2.05) is 12.1 Å². The van der Waals surface area contributed by atoms with Crippen LogP contribution in [0.4, 0.5) is 0 Å². The fourth-order valence-electron chi connectivity index (χ4n) is 2.37. The van der Waals surface area contributed by atoms with E-state index in [-0.39, 0.29) is 5.92 Å². The molecule has 0 radical (unpaired) electrons. The first kappa shape index (κ1) is 15.7. The summed E-state index contributed by atoms with van der Waals surface area (Å²) in [6.07, 6.45) is 0.817. The predicted molar refractivity (Wildman–Crippen MR) is 84.4 cm³/mol. The molecule has 0 heterocycles. The van der Waals surface area contributed by atoms with E-state index >= 15 is 0 Å². The van der Waals surface area contributed by atoms with Crippen molar-refractivity contribution in [2.24, 2.45) is 5.92 Å². The minimum absolute atomic E-state index is 0.280. The Kier molecular flexibility index (Phi) is 5.88. The normalized spacial score (nSPS) is 16.1. The third-order valence-electron chi connectivity index (χ3n) is 3.52. The molecule has 0 fully saturated rings. The summed E-state index contributed by atoms with van der Waals surface area (Å²) in [7, 11) is 0. The van der Waals surface area contributed by atoms with Crippen LogP contribution in [0.2, 0.25) is 0 Å². The van der Waals surface area contributed by atoms with Crippen LogP contribution in [0.3, 0.4) is 0 Å². The minimum Gasteiger partial charge on any atom is -0.197 e. The van der Waals surface area contributed by atoms with Crippen LogP contribution >= 0.6 is 31.9 Å². The lowest BCUT2D eigenvalue weighted by Crippen LogP contribution is -2.34. The molecule has 18 heavy (non-hydrogen) atoms. The van der Waals surface area contributed by atoms with Crippen molar-refractivity contribution >= 4 is 31.9 Å². The summed E-state index contributed by atoms with van der Waals surface area (Å²) in [5, 5.41) is 10.6. The second-order valence-corrected chi connectivity index (χ2v) is 6.95. The summed E-state index contributed by atoms with van der Waals surface area (Å²) in [5.74, 6) is 0.280. The molecule has 1 aromatic rings. The van der Waals surface area contributed by atoms with E-state index in [4.69, 9.17) is 0 Å². The zero-order valence-corrected chi connectivity index (χ0v) is 14.3. The Labute approximate surface area is 127 Å². The largest absolute Gasteiger partial charge is 0.197 e. The Bertz CT molecular complexity index is 436. The monoisotopic (exact) mass is 371 g/mol. The molecule has 0 aliphatic carbocycles. The average molecular weight is 373 g/mol. The summed E-state index contributed by atoms with van der Waals surface area (Å²) >= 11 is 7.13. The van der Waals surface area contributed by atoms with Gasteiger partial charge >= 0.3 is 0 Å². The number of nitriles is 1. The summed E-state index contributed by atoms with van der Waals surface area (Å²) in [6.45, 7) is 6.34. The summed E-state index contributed by atoms with van der Waals surface area (Å²) < 4.78 is 0. The van der Waals surface area contributed by atoms with E-state index in [1.54, 1.807) is 0 Å². The van der Waals surface area contributed by atoms with Crippen LogP contribution in [0.5, 0.6) is 0 Å². The van der Waals surface area contributed by atoms with Gasteiger partial charge in [-0.2, -0.15) is 5.26 Å². The first-order valence-corrected chi connectivity index (χ1v) is 8.19. The van der Waals surface area contributed by atoms with Gasteiger partial charge in [0.1, 0.15) is 0 Å². The van der Waals surface area contributed by atoms with Gasteiger partial charge in [-0.05, 0) is 30.4 Å². The highest BCUT2D eigenvalue weighted by Gasteiger charge is 2.38. The number of aryl methyl sites for hydroxylation is 1. The highest BCUT2D eigenvalue weighted by Crippen LogP contribution is 2.39. The zero-order chi connectivity index (χ0) is 13.8. The van der Waals surface area contributed by atoms with Gasteiger partial charge in [0.05, 0.1) is 11.5 Å². The molecule has 1 aromatic carbocycles. The van der Waals surface area contributed by atoms with E-state index in [1.165, 1.54) is 5.56 Å². The van der Waals surface area contributed by atoms with Crippen molar-refractivity contribution in [2.75, 3.05) is 5.33 Å². The number of hydrogen-bond acceptors (Lipinski definition) is 1. The molecule has 0 amide bonds. The summed E-state index contributed by atoms with van der Waals surface area (Å²) in [6, 6.07) is 10.8. The molecule has 3 heteroatoms. The second kappa shape index (κ2) is 6.73. The highest BCUT2D eigenvalue weighted by molar-refractivity contribution is 9.12. The van der Waals surface area contributed by atoms with E-state index in [2.05, 4.69) is 70.8 Å². The van der Waals surface area contributed by atoms with Crippen molar-refractivity contribution in [3.8, 4) is 6.07 Å². The number of nitrogens with zero attached hydrogens (tertiary/aromatic N) is 1. The van der Waals surface area contributed by atoms with Crippen LogP contribution in [0.15, 0.2) is 24.3 Å². The lowest BCUT2D eigenvalue weighted by Gasteiger charge is -2.34. The summed E-state index contributed by atoms with van der Waals surface area (Å²) in [4.78, 5) is 0.305. The van der Waals surface area contributed by atoms with Gasteiger partial charge in [-0.15, -0.1) is 0 Å². The predicted octanol–water partition coefficient (Wildman–Crippen LogP) is 4.96. The molecule has 0 aromatic heterocycles. The van der Waals surface area contributed by atoms with Gasteiger partial charge in [0.2, 0.25) is 0 Å². The number of rotatable bonds is 5. The quantitative estimate of drug-likeness (QED) is 0.670. The number of halogens is 2. The molecule has 0 unspecified atom stereocenters. The molecule has 0 N–H and O–H groups in total. The Morgan fingerprint density at radius 2 is 1.94 bits per heavy atom. The van der Waals surface area contributed by atoms with Crippen molar-refractivity contribution in [2.45, 2.75) is 37.4 Å². The van der Waals surface area contributed by atoms with Crippen LogP contribution in [0, 0.1) is 24.2 Å². The van der Waals surface area contributed by atoms with Gasteiger partial charge in [0.15, 0.2) is 0 Å². The van der Waals surface area contributed by atoms with E-state index in [9.17, 15) is 5.26 Å². The maximum absolute atomic E-state index is 9.78. The SMILES string of the molecule is Cc1ccccc1[C@@](C#N)(C[C@H](Br)CBr)C(C)C. The van der Waals surface area contributed by atoms with Crippen molar-refractivity contribution in [1.82, 2.24) is 0 Å². The topological polar surface area (TPSA) is 23.8 Å². The smallest absolute Gasteiger partial charge is 0.0858 e. The Morgan fingerprint density at radius 1 is 1.33 bits per heavy atom. The first-order valence-electron chi connectivity index (χ1n) is 6.15. The van der Waals surface area contributed by atoms with Gasteiger partial charge in [-0.1, -0.05) is 70.0 Å². The lowest BCUT2D eigenvalue weighted by atomic mass is 9.68. The van der Waals surface area contributed by atoms with Gasteiger partial charge in [-0.25, -0.2) is 0 Å². The molecule has 1 nitrogen and oxygen atoms in total.